The van der Waals surface area contributed by atoms with Gasteiger partial charge in [-0.25, -0.2) is 4.39 Å². The van der Waals surface area contributed by atoms with Crippen LogP contribution in [0.4, 0.5) is 4.39 Å². The number of rotatable bonds is 8. The number of halogens is 1. The quantitative estimate of drug-likeness (QED) is 0.486. The molecule has 0 aliphatic carbocycles. The van der Waals surface area contributed by atoms with Crippen molar-refractivity contribution in [2.24, 2.45) is 5.92 Å². The van der Waals surface area contributed by atoms with Crippen molar-refractivity contribution in [3.05, 3.63) is 47.8 Å². The Morgan fingerprint density at radius 1 is 1.39 bits per heavy atom. The summed E-state index contributed by atoms with van der Waals surface area (Å²) in [4.78, 5) is 0. The maximum atomic E-state index is 13.2. The summed E-state index contributed by atoms with van der Waals surface area (Å²) in [5.74, 6) is 1.05. The van der Waals surface area contributed by atoms with Gasteiger partial charge in [0.15, 0.2) is 0 Å². The summed E-state index contributed by atoms with van der Waals surface area (Å²) in [6.07, 6.45) is 7.70. The molecule has 2 heteroatoms. The average molecular weight is 266 g/mol. The maximum absolute atomic E-state index is 13.2. The lowest BCUT2D eigenvalue weighted by atomic mass is 9.89. The highest BCUT2D eigenvalue weighted by Crippen LogP contribution is 2.23. The lowest BCUT2D eigenvalue weighted by Crippen LogP contribution is -2.06. The maximum Gasteiger partial charge on any atom is 0.123 e. The summed E-state index contributed by atoms with van der Waals surface area (Å²) < 4.78 is 13.2. The van der Waals surface area contributed by atoms with Crippen LogP contribution in [0.2, 0.25) is 0 Å². The van der Waals surface area contributed by atoms with Crippen molar-refractivity contribution in [2.75, 3.05) is 0 Å². The molecule has 1 aromatic carbocycles. The van der Waals surface area contributed by atoms with Gasteiger partial charge in [0, 0.05) is 5.75 Å². The Morgan fingerprint density at radius 3 is 2.78 bits per heavy atom. The van der Waals surface area contributed by atoms with Crippen LogP contribution in [0, 0.1) is 11.7 Å². The molecule has 0 radical (unpaired) electrons. The van der Waals surface area contributed by atoms with Gasteiger partial charge < -0.3 is 0 Å². The van der Waals surface area contributed by atoms with Crippen molar-refractivity contribution < 1.29 is 4.39 Å². The van der Waals surface area contributed by atoms with Crippen LogP contribution in [-0.2, 0) is 12.2 Å². The molecule has 0 heterocycles. The summed E-state index contributed by atoms with van der Waals surface area (Å²) in [5, 5.41) is 0. The molecule has 100 valence electrons. The van der Waals surface area contributed by atoms with Crippen LogP contribution in [0.5, 0.6) is 0 Å². The minimum atomic E-state index is -0.170. The molecular weight excluding hydrogens is 243 g/mol. The fourth-order valence-corrected chi connectivity index (χ4v) is 2.58. The van der Waals surface area contributed by atoms with Gasteiger partial charge in [-0.1, -0.05) is 31.9 Å². The van der Waals surface area contributed by atoms with Gasteiger partial charge in [0.1, 0.15) is 5.82 Å². The second-order valence-corrected chi connectivity index (χ2v) is 5.12. The number of hydrogen-bond acceptors (Lipinski definition) is 1. The number of allylic oxidation sites excluding steroid dienone is 1. The average Bonchev–Trinajstić information content (AvgIpc) is 2.38. The van der Waals surface area contributed by atoms with Crippen LogP contribution in [0.3, 0.4) is 0 Å². The monoisotopic (exact) mass is 266 g/mol. The third-order valence-electron chi connectivity index (χ3n) is 3.31. The van der Waals surface area contributed by atoms with Crippen LogP contribution in [0.15, 0.2) is 30.9 Å². The Balaban J connectivity index is 2.75. The van der Waals surface area contributed by atoms with E-state index in [0.717, 1.165) is 18.4 Å². The largest absolute Gasteiger partial charge is 0.207 e. The van der Waals surface area contributed by atoms with E-state index in [0.29, 0.717) is 11.7 Å². The Bertz CT molecular complexity index is 373. The zero-order valence-corrected chi connectivity index (χ0v) is 12.1. The van der Waals surface area contributed by atoms with Crippen LogP contribution in [0.25, 0.3) is 0 Å². The first-order valence-corrected chi connectivity index (χ1v) is 7.33. The van der Waals surface area contributed by atoms with Gasteiger partial charge in [-0.3, -0.25) is 0 Å². The number of unbranched alkanes of at least 4 members (excludes halogenated alkanes) is 1. The third-order valence-corrected chi connectivity index (χ3v) is 3.65. The first-order valence-electron chi connectivity index (χ1n) is 6.70. The predicted molar refractivity (Wildman–Crippen MR) is 80.6 cm³/mol. The van der Waals surface area contributed by atoms with Crippen molar-refractivity contribution in [1.82, 2.24) is 0 Å². The molecule has 0 saturated carbocycles. The standard InChI is InChI=1S/C16H23FS/c1-3-5-7-13(6-4-2)10-14-8-9-16(17)11-15(14)12-18/h4,8-9,11,13,18H,2-3,5-7,10,12H2,1H3. The van der Waals surface area contributed by atoms with Gasteiger partial charge >= 0.3 is 0 Å². The molecule has 0 spiro atoms. The Labute approximate surface area is 116 Å². The molecule has 0 aliphatic heterocycles. The molecule has 0 nitrogen and oxygen atoms in total. The Kier molecular flexibility index (Phi) is 7.11. The summed E-state index contributed by atoms with van der Waals surface area (Å²) in [5.41, 5.74) is 2.25. The van der Waals surface area contributed by atoms with Crippen molar-refractivity contribution in [2.45, 2.75) is 44.8 Å². The molecule has 0 bridgehead atoms. The van der Waals surface area contributed by atoms with Gasteiger partial charge in [-0.15, -0.1) is 6.58 Å². The van der Waals surface area contributed by atoms with E-state index in [1.54, 1.807) is 12.1 Å². The van der Waals surface area contributed by atoms with Crippen molar-refractivity contribution >= 4 is 12.6 Å². The normalized spacial score (nSPS) is 12.4. The van der Waals surface area contributed by atoms with Crippen molar-refractivity contribution in [1.29, 1.82) is 0 Å². The second-order valence-electron chi connectivity index (χ2n) is 4.81. The predicted octanol–water partition coefficient (Wildman–Crippen LogP) is 5.18. The van der Waals surface area contributed by atoms with E-state index in [1.807, 2.05) is 12.1 Å². The molecule has 0 fully saturated rings. The molecule has 18 heavy (non-hydrogen) atoms. The van der Waals surface area contributed by atoms with E-state index in [4.69, 9.17) is 0 Å². The molecule has 0 amide bonds. The summed E-state index contributed by atoms with van der Waals surface area (Å²) in [7, 11) is 0. The zero-order valence-electron chi connectivity index (χ0n) is 11.2. The first-order chi connectivity index (χ1) is 8.71. The molecule has 0 saturated heterocycles. The van der Waals surface area contributed by atoms with Crippen LogP contribution in [-0.4, -0.2) is 0 Å². The minimum absolute atomic E-state index is 0.170. The Morgan fingerprint density at radius 2 is 2.17 bits per heavy atom. The summed E-state index contributed by atoms with van der Waals surface area (Å²) in [6.45, 7) is 6.04. The topological polar surface area (TPSA) is 0 Å². The van der Waals surface area contributed by atoms with Crippen LogP contribution in [0.1, 0.15) is 43.7 Å². The van der Waals surface area contributed by atoms with E-state index < -0.39 is 0 Å². The molecule has 0 aliphatic rings. The smallest absolute Gasteiger partial charge is 0.123 e. The highest BCUT2D eigenvalue weighted by molar-refractivity contribution is 7.79. The van der Waals surface area contributed by atoms with Crippen molar-refractivity contribution in [3.63, 3.8) is 0 Å². The van der Waals surface area contributed by atoms with Gasteiger partial charge in [0.25, 0.3) is 0 Å². The van der Waals surface area contributed by atoms with E-state index in [2.05, 4.69) is 26.1 Å². The van der Waals surface area contributed by atoms with Gasteiger partial charge in [0.2, 0.25) is 0 Å². The molecular formula is C16H23FS. The van der Waals surface area contributed by atoms with E-state index in [-0.39, 0.29) is 5.82 Å². The first kappa shape index (κ1) is 15.3. The third kappa shape index (κ3) is 4.85. The molecule has 1 aromatic rings. The van der Waals surface area contributed by atoms with Gasteiger partial charge in [-0.2, -0.15) is 12.6 Å². The molecule has 1 rings (SSSR count). The summed E-state index contributed by atoms with van der Waals surface area (Å²) in [6, 6.07) is 5.06. The van der Waals surface area contributed by atoms with E-state index >= 15 is 0 Å². The highest BCUT2D eigenvalue weighted by atomic mass is 32.1. The fourth-order valence-electron chi connectivity index (χ4n) is 2.28. The molecule has 0 aromatic heterocycles. The Hall–Kier alpha value is -0.760. The lowest BCUT2D eigenvalue weighted by Gasteiger charge is -2.17. The lowest BCUT2D eigenvalue weighted by molar-refractivity contribution is 0.466. The minimum Gasteiger partial charge on any atom is -0.207 e. The fraction of sp³-hybridized carbons (Fsp3) is 0.500. The van der Waals surface area contributed by atoms with Gasteiger partial charge in [0.05, 0.1) is 0 Å². The molecule has 1 atom stereocenters. The number of hydrogen-bond donors (Lipinski definition) is 1. The second kappa shape index (κ2) is 8.36. The van der Waals surface area contributed by atoms with Crippen LogP contribution >= 0.6 is 12.6 Å². The summed E-state index contributed by atoms with van der Waals surface area (Å²) >= 11 is 4.29. The zero-order chi connectivity index (χ0) is 13.4. The molecule has 1 unspecified atom stereocenters. The van der Waals surface area contributed by atoms with E-state index in [9.17, 15) is 4.39 Å². The number of benzene rings is 1. The van der Waals surface area contributed by atoms with Crippen molar-refractivity contribution in [3.8, 4) is 0 Å². The van der Waals surface area contributed by atoms with Crippen LogP contribution < -0.4 is 0 Å². The van der Waals surface area contributed by atoms with Gasteiger partial charge in [-0.05, 0) is 48.4 Å². The molecule has 0 N–H and O–H groups in total. The van der Waals surface area contributed by atoms with E-state index in [1.165, 1.54) is 24.8 Å². The SMILES string of the molecule is C=CCC(CCCC)Cc1ccc(F)cc1CS. The highest BCUT2D eigenvalue weighted by Gasteiger charge is 2.11. The number of thiol groups is 1.